The molecule has 1 aliphatic heterocycles. The number of hydrogen-bond acceptors (Lipinski definition) is 6. The van der Waals surface area contributed by atoms with Gasteiger partial charge in [0, 0.05) is 25.8 Å². The van der Waals surface area contributed by atoms with Crippen LogP contribution in [0.25, 0.3) is 5.82 Å². The normalized spacial score (nSPS) is 20.8. The lowest BCUT2D eigenvalue weighted by atomic mass is 10.2. The number of amides is 1. The lowest BCUT2D eigenvalue weighted by Crippen LogP contribution is -2.49. The maximum Gasteiger partial charge on any atom is 0.254 e. The molecule has 1 amide bonds. The average Bonchev–Trinajstić information content (AvgIpc) is 3.03. The van der Waals surface area contributed by atoms with Crippen LogP contribution in [0, 0.1) is 6.92 Å². The number of carbonyl (C=O) groups is 1. The van der Waals surface area contributed by atoms with Gasteiger partial charge in [0.1, 0.15) is 0 Å². The van der Waals surface area contributed by atoms with Gasteiger partial charge in [-0.15, -0.1) is 0 Å². The predicted molar refractivity (Wildman–Crippen MR) is 104 cm³/mol. The Morgan fingerprint density at radius 2 is 2.00 bits per heavy atom. The fourth-order valence-electron chi connectivity index (χ4n) is 3.22. The van der Waals surface area contributed by atoms with Crippen molar-refractivity contribution in [3.63, 3.8) is 0 Å². The third-order valence-electron chi connectivity index (χ3n) is 4.55. The second-order valence-corrected chi connectivity index (χ2v) is 8.98. The van der Waals surface area contributed by atoms with E-state index in [9.17, 15) is 13.2 Å². The average molecular weight is 407 g/mol. The summed E-state index contributed by atoms with van der Waals surface area (Å²) < 4.78 is 33.7. The zero-order valence-electron chi connectivity index (χ0n) is 16.2. The Morgan fingerprint density at radius 3 is 2.64 bits per heavy atom. The van der Waals surface area contributed by atoms with E-state index in [0.29, 0.717) is 30.2 Å². The summed E-state index contributed by atoms with van der Waals surface area (Å²) in [7, 11) is -3.47. The van der Waals surface area contributed by atoms with Crippen LogP contribution in [-0.4, -0.2) is 71.0 Å². The summed E-state index contributed by atoms with van der Waals surface area (Å²) in [5.41, 5.74) is 1.02. The van der Waals surface area contributed by atoms with Crippen molar-refractivity contribution in [2.45, 2.75) is 33.0 Å². The van der Waals surface area contributed by atoms with Crippen LogP contribution in [0.4, 0.5) is 0 Å². The van der Waals surface area contributed by atoms with Gasteiger partial charge in [0.05, 0.1) is 35.4 Å². The Balaban J connectivity index is 1.60. The van der Waals surface area contributed by atoms with Gasteiger partial charge in [0.25, 0.3) is 5.91 Å². The molecule has 2 atom stereocenters. The third-order valence-corrected chi connectivity index (χ3v) is 6.35. The van der Waals surface area contributed by atoms with Crippen molar-refractivity contribution in [3.8, 4) is 5.82 Å². The first-order chi connectivity index (χ1) is 13.3. The number of pyridine rings is 1. The molecule has 2 unspecified atom stereocenters. The van der Waals surface area contributed by atoms with Crippen LogP contribution in [0.5, 0.6) is 0 Å². The number of hydrogen-bond donors (Lipinski definition) is 1. The van der Waals surface area contributed by atoms with Gasteiger partial charge in [-0.05, 0) is 32.9 Å². The topological polar surface area (TPSA) is 106 Å². The van der Waals surface area contributed by atoms with E-state index >= 15 is 0 Å². The van der Waals surface area contributed by atoms with Crippen LogP contribution in [0.2, 0.25) is 0 Å². The van der Waals surface area contributed by atoms with Crippen LogP contribution in [0.15, 0.2) is 30.6 Å². The number of aromatic nitrogens is 3. The minimum Gasteiger partial charge on any atom is -0.373 e. The van der Waals surface area contributed by atoms with E-state index < -0.39 is 10.0 Å². The van der Waals surface area contributed by atoms with Crippen molar-refractivity contribution in [3.05, 3.63) is 41.9 Å². The highest BCUT2D eigenvalue weighted by Crippen LogP contribution is 2.15. The van der Waals surface area contributed by atoms with Crippen LogP contribution >= 0.6 is 0 Å². The molecule has 2 aromatic rings. The Bertz CT molecular complexity index is 919. The molecule has 1 saturated heterocycles. The standard InChI is InChI=1S/C18H25N5O4S/c1-13-11-22(12-14(2)27-13)28(25,26)9-8-20-18(24)16-10-21-23(15(16)3)17-6-4-5-7-19-17/h4-7,10,13-14H,8-9,11-12H2,1-3H3,(H,20,24). The Kier molecular flexibility index (Phi) is 6.11. The Morgan fingerprint density at radius 1 is 1.29 bits per heavy atom. The maximum absolute atomic E-state index is 12.5. The van der Waals surface area contributed by atoms with Gasteiger partial charge >= 0.3 is 0 Å². The van der Waals surface area contributed by atoms with Crippen LogP contribution in [0.1, 0.15) is 29.9 Å². The molecule has 152 valence electrons. The minimum atomic E-state index is -3.47. The molecule has 0 bridgehead atoms. The molecular formula is C18H25N5O4S. The number of sulfonamides is 1. The highest BCUT2D eigenvalue weighted by Gasteiger charge is 2.30. The van der Waals surface area contributed by atoms with Crippen molar-refractivity contribution in [1.29, 1.82) is 0 Å². The summed E-state index contributed by atoms with van der Waals surface area (Å²) in [6.07, 6.45) is 2.81. The molecule has 3 rings (SSSR count). The number of carbonyl (C=O) groups excluding carboxylic acids is 1. The van der Waals surface area contributed by atoms with E-state index in [2.05, 4.69) is 15.4 Å². The van der Waals surface area contributed by atoms with E-state index in [4.69, 9.17) is 4.74 Å². The van der Waals surface area contributed by atoms with E-state index in [1.54, 1.807) is 29.9 Å². The molecule has 1 aliphatic rings. The Labute approximate surface area is 164 Å². The zero-order valence-corrected chi connectivity index (χ0v) is 17.0. The smallest absolute Gasteiger partial charge is 0.254 e. The lowest BCUT2D eigenvalue weighted by molar-refractivity contribution is -0.0440. The molecule has 10 heteroatoms. The quantitative estimate of drug-likeness (QED) is 0.757. The summed E-state index contributed by atoms with van der Waals surface area (Å²) >= 11 is 0. The molecule has 3 heterocycles. The largest absolute Gasteiger partial charge is 0.373 e. The van der Waals surface area contributed by atoms with Crippen LogP contribution in [-0.2, 0) is 14.8 Å². The van der Waals surface area contributed by atoms with Gasteiger partial charge in [0.15, 0.2) is 5.82 Å². The lowest BCUT2D eigenvalue weighted by Gasteiger charge is -2.34. The fraction of sp³-hybridized carbons (Fsp3) is 0.500. The van der Waals surface area contributed by atoms with Crippen molar-refractivity contribution >= 4 is 15.9 Å². The summed E-state index contributed by atoms with van der Waals surface area (Å²) in [5, 5.41) is 6.88. The fourth-order valence-corrected chi connectivity index (χ4v) is 4.71. The Hall–Kier alpha value is -2.30. The van der Waals surface area contributed by atoms with E-state index in [-0.39, 0.29) is 30.4 Å². The molecule has 0 aromatic carbocycles. The molecule has 1 fully saturated rings. The highest BCUT2D eigenvalue weighted by molar-refractivity contribution is 7.89. The van der Waals surface area contributed by atoms with Crippen LogP contribution in [0.3, 0.4) is 0 Å². The molecule has 0 saturated carbocycles. The first-order valence-electron chi connectivity index (χ1n) is 9.15. The molecule has 0 spiro atoms. The summed E-state index contributed by atoms with van der Waals surface area (Å²) in [6, 6.07) is 5.42. The van der Waals surface area contributed by atoms with E-state index in [0.717, 1.165) is 0 Å². The molecular weight excluding hydrogens is 382 g/mol. The monoisotopic (exact) mass is 407 g/mol. The zero-order chi connectivity index (χ0) is 20.3. The number of ether oxygens (including phenoxy) is 1. The molecule has 1 N–H and O–H groups in total. The predicted octanol–water partition coefficient (Wildman–Crippen LogP) is 0.745. The van der Waals surface area contributed by atoms with E-state index in [1.165, 1.54) is 10.5 Å². The van der Waals surface area contributed by atoms with Crippen LogP contribution < -0.4 is 5.32 Å². The van der Waals surface area contributed by atoms with Gasteiger partial charge in [-0.25, -0.2) is 18.1 Å². The number of rotatable bonds is 6. The van der Waals surface area contributed by atoms with Gasteiger partial charge in [-0.2, -0.15) is 9.40 Å². The van der Waals surface area contributed by atoms with Crippen molar-refractivity contribution in [1.82, 2.24) is 24.4 Å². The number of morpholine rings is 1. The second-order valence-electron chi connectivity index (χ2n) is 6.89. The molecule has 2 aromatic heterocycles. The third kappa shape index (κ3) is 4.57. The molecule has 9 nitrogen and oxygen atoms in total. The van der Waals surface area contributed by atoms with Gasteiger partial charge in [0.2, 0.25) is 10.0 Å². The first kappa shape index (κ1) is 20.4. The highest BCUT2D eigenvalue weighted by atomic mass is 32.2. The summed E-state index contributed by atoms with van der Waals surface area (Å²) in [4.78, 5) is 16.7. The number of nitrogens with one attached hydrogen (secondary N) is 1. The van der Waals surface area contributed by atoms with Crippen molar-refractivity contribution in [2.24, 2.45) is 0 Å². The molecule has 28 heavy (non-hydrogen) atoms. The van der Waals surface area contributed by atoms with Crippen molar-refractivity contribution in [2.75, 3.05) is 25.4 Å². The first-order valence-corrected chi connectivity index (χ1v) is 10.8. The minimum absolute atomic E-state index is 0.0233. The van der Waals surface area contributed by atoms with E-state index in [1.807, 2.05) is 19.9 Å². The van der Waals surface area contributed by atoms with Gasteiger partial charge in [-0.3, -0.25) is 4.79 Å². The van der Waals surface area contributed by atoms with Gasteiger partial charge in [-0.1, -0.05) is 6.07 Å². The number of nitrogens with zero attached hydrogens (tertiary/aromatic N) is 4. The van der Waals surface area contributed by atoms with Gasteiger partial charge < -0.3 is 10.1 Å². The summed E-state index contributed by atoms with van der Waals surface area (Å²) in [6.45, 7) is 6.15. The maximum atomic E-state index is 12.5. The molecule has 0 aliphatic carbocycles. The van der Waals surface area contributed by atoms with Crippen molar-refractivity contribution < 1.29 is 17.9 Å². The molecule has 0 radical (unpaired) electrons. The summed E-state index contributed by atoms with van der Waals surface area (Å²) in [5.74, 6) is 0.0850. The second kappa shape index (κ2) is 8.38. The SMILES string of the molecule is Cc1c(C(=O)NCCS(=O)(=O)N2CC(C)OC(C)C2)cnn1-c1ccccn1.